The lowest BCUT2D eigenvalue weighted by molar-refractivity contribution is -0.117. The molecule has 3 heterocycles. The first kappa shape index (κ1) is 18.2. The Balaban J connectivity index is 1.32. The van der Waals surface area contributed by atoms with Crippen molar-refractivity contribution in [2.45, 2.75) is 6.42 Å². The molecular weight excluding hydrogens is 378 g/mol. The van der Waals surface area contributed by atoms with Crippen LogP contribution in [0.25, 0.3) is 5.69 Å². The number of fused-ring (bicyclic) bond motifs is 1. The largest absolute Gasteiger partial charge is 0.352 e. The summed E-state index contributed by atoms with van der Waals surface area (Å²) in [5.41, 5.74) is 2.57. The molecule has 1 aromatic heterocycles. The van der Waals surface area contributed by atoms with Gasteiger partial charge >= 0.3 is 0 Å². The molecule has 2 aliphatic rings. The predicted octanol–water partition coefficient (Wildman–Crippen LogP) is 1.03. The quantitative estimate of drug-likeness (QED) is 0.813. The van der Waals surface area contributed by atoms with Crippen LogP contribution in [0.4, 0.5) is 0 Å². The Labute approximate surface area is 162 Å². The molecule has 144 valence electrons. The van der Waals surface area contributed by atoms with Gasteiger partial charge in [-0.3, -0.25) is 4.79 Å². The number of nitrogens with one attached hydrogen (secondary N) is 1. The van der Waals surface area contributed by atoms with Gasteiger partial charge in [-0.2, -0.15) is 5.10 Å². The lowest BCUT2D eigenvalue weighted by Gasteiger charge is -2.26. The van der Waals surface area contributed by atoms with Crippen molar-refractivity contribution in [2.24, 2.45) is 4.40 Å². The predicted molar refractivity (Wildman–Crippen MR) is 105 cm³/mol. The van der Waals surface area contributed by atoms with Gasteiger partial charge in [0.25, 0.3) is 15.9 Å². The number of nitrogens with zero attached hydrogens (tertiary/aromatic N) is 4. The molecule has 1 amide bonds. The van der Waals surface area contributed by atoms with E-state index >= 15 is 0 Å². The van der Waals surface area contributed by atoms with E-state index < -0.39 is 10.0 Å². The van der Waals surface area contributed by atoms with E-state index in [1.807, 2.05) is 36.5 Å². The summed E-state index contributed by atoms with van der Waals surface area (Å²) in [5, 5.41) is 7.09. The van der Waals surface area contributed by atoms with E-state index in [0.29, 0.717) is 30.9 Å². The van der Waals surface area contributed by atoms with Gasteiger partial charge < -0.3 is 10.2 Å². The standard InChI is InChI=1S/C19H19N5O3S/c25-19(16-4-7-18-22-28(26,27)13-12-23(18)14-16)20-10-8-15-2-5-17(6-3-15)24-11-1-9-21-24/h1-7,9,11,14H,8,10,12-13H2,(H,20,25). The van der Waals surface area contributed by atoms with Crippen molar-refractivity contribution in [3.8, 4) is 5.69 Å². The van der Waals surface area contributed by atoms with Gasteiger partial charge in [-0.1, -0.05) is 12.1 Å². The van der Waals surface area contributed by atoms with Crippen LogP contribution in [0.3, 0.4) is 0 Å². The Morgan fingerprint density at radius 1 is 1.18 bits per heavy atom. The van der Waals surface area contributed by atoms with Crippen molar-refractivity contribution in [3.63, 3.8) is 0 Å². The minimum absolute atomic E-state index is 0.0513. The average Bonchev–Trinajstić information content (AvgIpc) is 3.22. The molecule has 0 atom stereocenters. The van der Waals surface area contributed by atoms with E-state index in [1.54, 1.807) is 34.1 Å². The van der Waals surface area contributed by atoms with Crippen molar-refractivity contribution in [3.05, 3.63) is 72.2 Å². The van der Waals surface area contributed by atoms with Gasteiger partial charge in [-0.25, -0.2) is 13.1 Å². The number of amides is 1. The summed E-state index contributed by atoms with van der Waals surface area (Å²) >= 11 is 0. The third-order valence-corrected chi connectivity index (χ3v) is 5.65. The number of hydrogen-bond acceptors (Lipinski definition) is 5. The second-order valence-electron chi connectivity index (χ2n) is 6.47. The van der Waals surface area contributed by atoms with Gasteiger partial charge in [0.1, 0.15) is 5.84 Å². The second kappa shape index (κ2) is 7.43. The van der Waals surface area contributed by atoms with Gasteiger partial charge in [0.15, 0.2) is 0 Å². The first-order valence-corrected chi connectivity index (χ1v) is 10.5. The van der Waals surface area contributed by atoms with Crippen molar-refractivity contribution in [2.75, 3.05) is 18.8 Å². The highest BCUT2D eigenvalue weighted by atomic mass is 32.2. The SMILES string of the molecule is O=C(NCCc1ccc(-n2cccn2)cc1)C1=CN2CCS(=O)(=O)N=C2C=C1. The summed E-state index contributed by atoms with van der Waals surface area (Å²) in [7, 11) is -3.39. The molecule has 0 saturated carbocycles. The molecular formula is C19H19N5O3S. The highest BCUT2D eigenvalue weighted by molar-refractivity contribution is 7.90. The van der Waals surface area contributed by atoms with Crippen LogP contribution in [0.1, 0.15) is 5.56 Å². The Morgan fingerprint density at radius 3 is 2.75 bits per heavy atom. The number of sulfonamides is 1. The molecule has 0 saturated heterocycles. The fourth-order valence-corrected chi connectivity index (χ4v) is 3.96. The molecule has 1 N–H and O–H groups in total. The van der Waals surface area contributed by atoms with Crippen LogP contribution >= 0.6 is 0 Å². The molecule has 28 heavy (non-hydrogen) atoms. The molecule has 0 aliphatic carbocycles. The van der Waals surface area contributed by atoms with E-state index in [1.165, 1.54) is 0 Å². The molecule has 2 aromatic rings. The van der Waals surface area contributed by atoms with Crippen molar-refractivity contribution in [1.82, 2.24) is 20.0 Å². The smallest absolute Gasteiger partial charge is 0.256 e. The maximum absolute atomic E-state index is 12.4. The average molecular weight is 397 g/mol. The highest BCUT2D eigenvalue weighted by Crippen LogP contribution is 2.16. The summed E-state index contributed by atoms with van der Waals surface area (Å²) in [6.07, 6.45) is 9.10. The van der Waals surface area contributed by atoms with Crippen LogP contribution in [0.5, 0.6) is 0 Å². The van der Waals surface area contributed by atoms with Crippen molar-refractivity contribution in [1.29, 1.82) is 0 Å². The highest BCUT2D eigenvalue weighted by Gasteiger charge is 2.24. The monoisotopic (exact) mass is 397 g/mol. The van der Waals surface area contributed by atoms with E-state index in [9.17, 15) is 13.2 Å². The normalized spacial score (nSPS) is 17.5. The first-order chi connectivity index (χ1) is 13.5. The van der Waals surface area contributed by atoms with Gasteiger partial charge in [-0.05, 0) is 42.3 Å². The molecule has 4 rings (SSSR count). The van der Waals surface area contributed by atoms with E-state index in [0.717, 1.165) is 11.3 Å². The summed E-state index contributed by atoms with van der Waals surface area (Å²) in [5.74, 6) is 0.0986. The number of amidine groups is 1. The third-order valence-electron chi connectivity index (χ3n) is 4.49. The number of carbonyl (C=O) groups excluding carboxylic acids is 1. The number of carbonyl (C=O) groups is 1. The lowest BCUT2D eigenvalue weighted by atomic mass is 10.1. The van der Waals surface area contributed by atoms with E-state index in [2.05, 4.69) is 14.8 Å². The Morgan fingerprint density at radius 2 is 2.00 bits per heavy atom. The number of benzene rings is 1. The molecule has 9 heteroatoms. The zero-order valence-corrected chi connectivity index (χ0v) is 15.8. The van der Waals surface area contributed by atoms with Crippen molar-refractivity contribution < 1.29 is 13.2 Å². The van der Waals surface area contributed by atoms with Crippen LogP contribution in [0, 0.1) is 0 Å². The maximum atomic E-state index is 12.4. The van der Waals surface area contributed by atoms with Crippen LogP contribution in [0.15, 0.2) is 71.0 Å². The van der Waals surface area contributed by atoms with Gasteiger partial charge in [-0.15, -0.1) is 4.40 Å². The number of hydrogen-bond donors (Lipinski definition) is 1. The summed E-state index contributed by atoms with van der Waals surface area (Å²) in [6, 6.07) is 9.87. The minimum atomic E-state index is -3.39. The van der Waals surface area contributed by atoms with Crippen LogP contribution in [-0.2, 0) is 21.2 Å². The fraction of sp³-hybridized carbons (Fsp3) is 0.211. The van der Waals surface area contributed by atoms with Crippen LogP contribution < -0.4 is 5.32 Å². The molecule has 0 unspecified atom stereocenters. The molecule has 0 spiro atoms. The Kier molecular flexibility index (Phi) is 4.82. The first-order valence-electron chi connectivity index (χ1n) is 8.86. The van der Waals surface area contributed by atoms with Crippen molar-refractivity contribution >= 4 is 21.8 Å². The van der Waals surface area contributed by atoms with Gasteiger partial charge in [0.2, 0.25) is 0 Å². The molecule has 0 bridgehead atoms. The molecule has 1 aromatic carbocycles. The topological polar surface area (TPSA) is 96.7 Å². The summed E-state index contributed by atoms with van der Waals surface area (Å²) in [6.45, 7) is 0.797. The van der Waals surface area contributed by atoms with Gasteiger partial charge in [0, 0.05) is 31.7 Å². The molecule has 2 aliphatic heterocycles. The lowest BCUT2D eigenvalue weighted by Crippen LogP contribution is -2.38. The van der Waals surface area contributed by atoms with Crippen LogP contribution in [0.2, 0.25) is 0 Å². The zero-order valence-electron chi connectivity index (χ0n) is 15.0. The molecule has 8 nitrogen and oxygen atoms in total. The zero-order chi connectivity index (χ0) is 19.6. The Hall–Kier alpha value is -3.20. The minimum Gasteiger partial charge on any atom is -0.352 e. The molecule has 0 radical (unpaired) electrons. The number of rotatable bonds is 5. The van der Waals surface area contributed by atoms with Crippen LogP contribution in [-0.4, -0.2) is 53.7 Å². The maximum Gasteiger partial charge on any atom is 0.256 e. The molecule has 0 fully saturated rings. The summed E-state index contributed by atoms with van der Waals surface area (Å²) < 4.78 is 28.6. The second-order valence-corrected chi connectivity index (χ2v) is 8.22. The van der Waals surface area contributed by atoms with E-state index in [4.69, 9.17) is 0 Å². The van der Waals surface area contributed by atoms with Gasteiger partial charge in [0.05, 0.1) is 17.0 Å². The fourth-order valence-electron chi connectivity index (χ4n) is 2.99. The number of aromatic nitrogens is 2. The third kappa shape index (κ3) is 4.04. The Bertz CT molecular complexity index is 1070. The van der Waals surface area contributed by atoms with E-state index in [-0.39, 0.29) is 11.7 Å². The summed E-state index contributed by atoms with van der Waals surface area (Å²) in [4.78, 5) is 14.1.